The molecule has 0 heterocycles. The Balaban J connectivity index is 2.79. The minimum atomic E-state index is 1.18. The van der Waals surface area contributed by atoms with Crippen molar-refractivity contribution >= 4 is 0 Å². The van der Waals surface area contributed by atoms with Gasteiger partial charge < -0.3 is 0 Å². The lowest BCUT2D eigenvalue weighted by Crippen LogP contribution is -1.77. The molecule has 0 saturated carbocycles. The van der Waals surface area contributed by atoms with Gasteiger partial charge in [0.2, 0.25) is 0 Å². The molecule has 0 aliphatic rings. The van der Waals surface area contributed by atoms with Crippen molar-refractivity contribution in [2.75, 3.05) is 0 Å². The Morgan fingerprint density at radius 3 is 1.36 bits per heavy atom. The molecule has 0 rings (SSSR count). The topological polar surface area (TPSA) is 0 Å². The maximum Gasteiger partial charge on any atom is -0.0353 e. The Bertz CT molecular complexity index is 80.2. The fraction of sp³-hybridized carbons (Fsp3) is 0.636. The minimum absolute atomic E-state index is 1.18. The van der Waals surface area contributed by atoms with E-state index >= 15 is 0 Å². The highest BCUT2D eigenvalue weighted by Crippen LogP contribution is 2.06. The molecule has 0 aliphatic heterocycles. The summed E-state index contributed by atoms with van der Waals surface area (Å²) in [7, 11) is 0. The van der Waals surface area contributed by atoms with Gasteiger partial charge in [-0.25, -0.2) is 0 Å². The van der Waals surface area contributed by atoms with Crippen LogP contribution in [0.4, 0.5) is 0 Å². The average molecular weight is 152 g/mol. The lowest BCUT2D eigenvalue weighted by molar-refractivity contribution is 0.622. The minimum Gasteiger partial charge on any atom is -0.103 e. The highest BCUT2D eigenvalue weighted by Gasteiger charge is 1.87. The fourth-order valence-corrected chi connectivity index (χ4v) is 1.11. The third-order valence-electron chi connectivity index (χ3n) is 1.82. The maximum absolute atomic E-state index is 3.69. The molecule has 0 aromatic rings. The molecule has 0 amide bonds. The van der Waals surface area contributed by atoms with Gasteiger partial charge in [0.05, 0.1) is 0 Å². The van der Waals surface area contributed by atoms with E-state index in [2.05, 4.69) is 13.2 Å². The van der Waals surface area contributed by atoms with Crippen molar-refractivity contribution in [1.29, 1.82) is 0 Å². The molecule has 0 aromatic heterocycles. The zero-order valence-electron chi connectivity index (χ0n) is 7.52. The van der Waals surface area contributed by atoms with Gasteiger partial charge in [0, 0.05) is 0 Å². The number of rotatable bonds is 8. The van der Waals surface area contributed by atoms with E-state index < -0.39 is 0 Å². The first kappa shape index (κ1) is 10.5. The summed E-state index contributed by atoms with van der Waals surface area (Å²) in [5.41, 5.74) is 0. The number of unbranched alkanes of at least 4 members (excludes halogenated alkanes) is 6. The summed E-state index contributed by atoms with van der Waals surface area (Å²) in [6, 6.07) is 0. The quantitative estimate of drug-likeness (QED) is 0.363. The first-order valence-corrected chi connectivity index (χ1v) is 4.63. The normalized spacial score (nSPS) is 9.45. The molecule has 0 radical (unpaired) electrons. The lowest BCUT2D eigenvalue weighted by atomic mass is 10.1. The largest absolute Gasteiger partial charge is 0.103 e. The van der Waals surface area contributed by atoms with Crippen LogP contribution in [0.25, 0.3) is 0 Å². The second-order valence-electron chi connectivity index (χ2n) is 2.92. The van der Waals surface area contributed by atoms with E-state index in [1.165, 1.54) is 44.9 Å². The molecule has 0 aromatic carbocycles. The summed E-state index contributed by atoms with van der Waals surface area (Å²) in [5, 5.41) is 0. The average Bonchev–Trinajstić information content (AvgIpc) is 2.03. The Hall–Kier alpha value is -0.520. The third kappa shape index (κ3) is 9.48. The van der Waals surface area contributed by atoms with Gasteiger partial charge in [0.15, 0.2) is 0 Å². The summed E-state index contributed by atoms with van der Waals surface area (Å²) in [4.78, 5) is 0. The van der Waals surface area contributed by atoms with E-state index in [1.807, 2.05) is 12.2 Å². The molecule has 0 unspecified atom stereocenters. The van der Waals surface area contributed by atoms with Crippen LogP contribution < -0.4 is 0 Å². The summed E-state index contributed by atoms with van der Waals surface area (Å²) < 4.78 is 0. The van der Waals surface area contributed by atoms with Crippen LogP contribution >= 0.6 is 0 Å². The zero-order chi connectivity index (χ0) is 8.36. The number of hydrogen-bond donors (Lipinski definition) is 0. The van der Waals surface area contributed by atoms with Crippen LogP contribution in [-0.2, 0) is 0 Å². The van der Waals surface area contributed by atoms with E-state index in [-0.39, 0.29) is 0 Å². The van der Waals surface area contributed by atoms with Gasteiger partial charge in [-0.3, -0.25) is 0 Å². The molecule has 64 valence electrons. The van der Waals surface area contributed by atoms with Crippen LogP contribution in [0, 0.1) is 0 Å². The van der Waals surface area contributed by atoms with Crippen molar-refractivity contribution in [1.82, 2.24) is 0 Å². The predicted molar refractivity (Wildman–Crippen MR) is 52.7 cm³/mol. The van der Waals surface area contributed by atoms with Crippen molar-refractivity contribution in [3.05, 3.63) is 25.3 Å². The van der Waals surface area contributed by atoms with Crippen LogP contribution in [0.1, 0.15) is 44.9 Å². The summed E-state index contributed by atoms with van der Waals surface area (Å²) in [5.74, 6) is 0. The highest BCUT2D eigenvalue weighted by molar-refractivity contribution is 4.67. The number of hydrogen-bond acceptors (Lipinski definition) is 0. The summed E-state index contributed by atoms with van der Waals surface area (Å²) in [6.45, 7) is 7.39. The van der Waals surface area contributed by atoms with Gasteiger partial charge in [0.25, 0.3) is 0 Å². The van der Waals surface area contributed by atoms with Gasteiger partial charge in [-0.15, -0.1) is 13.2 Å². The molecule has 0 N–H and O–H groups in total. The van der Waals surface area contributed by atoms with Crippen LogP contribution in [0.3, 0.4) is 0 Å². The Labute approximate surface area is 71.0 Å². The molecule has 0 spiro atoms. The molecule has 0 fully saturated rings. The molecule has 0 atom stereocenters. The second-order valence-corrected chi connectivity index (χ2v) is 2.92. The Kier molecular flexibility index (Phi) is 9.03. The Morgan fingerprint density at radius 2 is 1.00 bits per heavy atom. The van der Waals surface area contributed by atoms with Crippen LogP contribution in [0.2, 0.25) is 0 Å². The highest BCUT2D eigenvalue weighted by atomic mass is 13.9. The van der Waals surface area contributed by atoms with Gasteiger partial charge in [-0.1, -0.05) is 31.4 Å². The summed E-state index contributed by atoms with van der Waals surface area (Å²) >= 11 is 0. The van der Waals surface area contributed by atoms with Gasteiger partial charge in [-0.2, -0.15) is 0 Å². The molecule has 0 nitrogen and oxygen atoms in total. The third-order valence-corrected chi connectivity index (χ3v) is 1.82. The van der Waals surface area contributed by atoms with Crippen LogP contribution in [-0.4, -0.2) is 0 Å². The van der Waals surface area contributed by atoms with Crippen molar-refractivity contribution < 1.29 is 0 Å². The van der Waals surface area contributed by atoms with Crippen molar-refractivity contribution in [2.24, 2.45) is 0 Å². The van der Waals surface area contributed by atoms with E-state index in [1.54, 1.807) is 0 Å². The molecular weight excluding hydrogens is 132 g/mol. The molecule has 0 heteroatoms. The number of allylic oxidation sites excluding steroid dienone is 2. The fourth-order valence-electron chi connectivity index (χ4n) is 1.11. The SMILES string of the molecule is C=CCCCCCCCC=C. The smallest absolute Gasteiger partial charge is 0.0353 e. The second kappa shape index (κ2) is 9.48. The van der Waals surface area contributed by atoms with Crippen molar-refractivity contribution in [3.8, 4) is 0 Å². The van der Waals surface area contributed by atoms with Gasteiger partial charge in [0.1, 0.15) is 0 Å². The summed E-state index contributed by atoms with van der Waals surface area (Å²) in [6.07, 6.45) is 13.1. The molecular formula is C11H20. The predicted octanol–water partition coefficient (Wildman–Crippen LogP) is 4.09. The molecule has 0 saturated heterocycles. The molecule has 11 heavy (non-hydrogen) atoms. The van der Waals surface area contributed by atoms with E-state index in [0.29, 0.717) is 0 Å². The Morgan fingerprint density at radius 1 is 0.636 bits per heavy atom. The first-order valence-electron chi connectivity index (χ1n) is 4.63. The lowest BCUT2D eigenvalue weighted by Gasteiger charge is -1.97. The monoisotopic (exact) mass is 152 g/mol. The van der Waals surface area contributed by atoms with E-state index in [4.69, 9.17) is 0 Å². The van der Waals surface area contributed by atoms with Crippen LogP contribution in [0.15, 0.2) is 25.3 Å². The van der Waals surface area contributed by atoms with Gasteiger partial charge >= 0.3 is 0 Å². The maximum atomic E-state index is 3.69. The molecule has 0 bridgehead atoms. The first-order chi connectivity index (χ1) is 5.41. The van der Waals surface area contributed by atoms with Crippen molar-refractivity contribution in [2.45, 2.75) is 44.9 Å². The van der Waals surface area contributed by atoms with E-state index in [9.17, 15) is 0 Å². The van der Waals surface area contributed by atoms with E-state index in [0.717, 1.165) is 0 Å². The standard InChI is InChI=1S/C11H20/c1-3-5-7-9-11-10-8-6-4-2/h3-4H,1-2,5-11H2. The van der Waals surface area contributed by atoms with Crippen molar-refractivity contribution in [3.63, 3.8) is 0 Å². The zero-order valence-corrected chi connectivity index (χ0v) is 7.52. The molecule has 0 aliphatic carbocycles. The van der Waals surface area contributed by atoms with Gasteiger partial charge in [-0.05, 0) is 25.7 Å². The van der Waals surface area contributed by atoms with Crippen LogP contribution in [0.5, 0.6) is 0 Å².